The highest BCUT2D eigenvalue weighted by Crippen LogP contribution is 2.25. The fourth-order valence-corrected chi connectivity index (χ4v) is 2.53. The molecular formula is C14H19ClN2O. The van der Waals surface area contributed by atoms with E-state index < -0.39 is 0 Å². The summed E-state index contributed by atoms with van der Waals surface area (Å²) in [6.45, 7) is 3.86. The molecule has 1 unspecified atom stereocenters. The summed E-state index contributed by atoms with van der Waals surface area (Å²) in [5.41, 5.74) is 6.79. The summed E-state index contributed by atoms with van der Waals surface area (Å²) >= 11 is 5.96. The number of nitrogen functional groups attached to an aromatic ring is 1. The first-order chi connectivity index (χ1) is 8.59. The number of likely N-dealkylation sites (tertiary alicyclic amines) is 1. The van der Waals surface area contributed by atoms with Crippen LogP contribution < -0.4 is 5.73 Å². The molecule has 4 heteroatoms. The molecule has 2 N–H and O–H groups in total. The average molecular weight is 267 g/mol. The van der Waals surface area contributed by atoms with E-state index in [1.54, 1.807) is 18.2 Å². The zero-order chi connectivity index (χ0) is 13.1. The summed E-state index contributed by atoms with van der Waals surface area (Å²) in [6.07, 6.45) is 3.31. The second kappa shape index (κ2) is 5.61. The van der Waals surface area contributed by atoms with Gasteiger partial charge in [-0.05, 0) is 37.3 Å². The monoisotopic (exact) mass is 266 g/mol. The summed E-state index contributed by atoms with van der Waals surface area (Å²) in [5, 5.41) is 0.448. The fourth-order valence-electron chi connectivity index (χ4n) is 2.36. The molecule has 0 spiro atoms. The number of hydrogen-bond acceptors (Lipinski definition) is 2. The topological polar surface area (TPSA) is 46.3 Å². The van der Waals surface area contributed by atoms with Crippen LogP contribution in [-0.2, 0) is 0 Å². The van der Waals surface area contributed by atoms with E-state index in [2.05, 4.69) is 6.92 Å². The molecule has 3 nitrogen and oxygen atoms in total. The molecule has 2 rings (SSSR count). The van der Waals surface area contributed by atoms with Crippen molar-refractivity contribution in [2.75, 3.05) is 18.8 Å². The Morgan fingerprint density at radius 1 is 1.39 bits per heavy atom. The predicted octanol–water partition coefficient (Wildman–Crippen LogP) is 3.18. The summed E-state index contributed by atoms with van der Waals surface area (Å²) in [5.74, 6) is 0.698. The number of nitrogens with two attached hydrogens (primary N) is 1. The van der Waals surface area contributed by atoms with E-state index in [1.807, 2.05) is 4.90 Å². The van der Waals surface area contributed by atoms with E-state index in [0.717, 1.165) is 25.9 Å². The van der Waals surface area contributed by atoms with Gasteiger partial charge >= 0.3 is 0 Å². The molecule has 0 aromatic heterocycles. The Kier molecular flexibility index (Phi) is 4.12. The quantitative estimate of drug-likeness (QED) is 0.794. The van der Waals surface area contributed by atoms with Crippen LogP contribution in [0.3, 0.4) is 0 Å². The first-order valence-corrected chi connectivity index (χ1v) is 6.80. The van der Waals surface area contributed by atoms with E-state index >= 15 is 0 Å². The normalized spacial score (nSPS) is 20.6. The summed E-state index contributed by atoms with van der Waals surface area (Å²) < 4.78 is 0. The Balaban J connectivity index is 2.18. The first-order valence-electron chi connectivity index (χ1n) is 6.43. The molecule has 1 heterocycles. The Morgan fingerprint density at radius 3 is 2.94 bits per heavy atom. The molecule has 98 valence electrons. The van der Waals surface area contributed by atoms with Gasteiger partial charge in [-0.3, -0.25) is 4.79 Å². The number of carbonyl (C=O) groups is 1. The molecular weight excluding hydrogens is 248 g/mol. The van der Waals surface area contributed by atoms with Gasteiger partial charge < -0.3 is 10.6 Å². The van der Waals surface area contributed by atoms with Crippen molar-refractivity contribution in [1.29, 1.82) is 0 Å². The molecule has 1 aromatic carbocycles. The number of anilines is 1. The van der Waals surface area contributed by atoms with Gasteiger partial charge in [0.1, 0.15) is 0 Å². The number of rotatable bonds is 1. The van der Waals surface area contributed by atoms with E-state index in [4.69, 9.17) is 17.3 Å². The number of hydrogen-bond donors (Lipinski definition) is 1. The SMILES string of the molecule is CC1CCCN(C(=O)c2cccc(Cl)c2N)CC1. The minimum atomic E-state index is 0.00380. The van der Waals surface area contributed by atoms with E-state index in [9.17, 15) is 4.79 Å². The number of benzene rings is 1. The lowest BCUT2D eigenvalue weighted by Crippen LogP contribution is -2.32. The zero-order valence-corrected chi connectivity index (χ0v) is 11.4. The molecule has 1 amide bonds. The van der Waals surface area contributed by atoms with Crippen LogP contribution >= 0.6 is 11.6 Å². The van der Waals surface area contributed by atoms with E-state index in [-0.39, 0.29) is 5.91 Å². The maximum absolute atomic E-state index is 12.4. The minimum Gasteiger partial charge on any atom is -0.397 e. The lowest BCUT2D eigenvalue weighted by atomic mass is 10.0. The van der Waals surface area contributed by atoms with E-state index in [1.165, 1.54) is 6.42 Å². The highest BCUT2D eigenvalue weighted by molar-refractivity contribution is 6.33. The molecule has 18 heavy (non-hydrogen) atoms. The fraction of sp³-hybridized carbons (Fsp3) is 0.500. The maximum atomic E-state index is 12.4. The summed E-state index contributed by atoms with van der Waals surface area (Å²) in [4.78, 5) is 14.3. The molecule has 1 saturated heterocycles. The van der Waals surface area contributed by atoms with Gasteiger partial charge in [0.2, 0.25) is 0 Å². The number of amides is 1. The third-order valence-electron chi connectivity index (χ3n) is 3.59. The van der Waals surface area contributed by atoms with Crippen molar-refractivity contribution < 1.29 is 4.79 Å². The van der Waals surface area contributed by atoms with E-state index in [0.29, 0.717) is 22.2 Å². The van der Waals surface area contributed by atoms with Crippen molar-refractivity contribution in [2.45, 2.75) is 26.2 Å². The Labute approximate surface area is 113 Å². The van der Waals surface area contributed by atoms with Gasteiger partial charge in [0.05, 0.1) is 16.3 Å². The van der Waals surface area contributed by atoms with Crippen LogP contribution in [0.2, 0.25) is 5.02 Å². The zero-order valence-electron chi connectivity index (χ0n) is 10.7. The van der Waals surface area contributed by atoms with Crippen molar-refractivity contribution in [3.05, 3.63) is 28.8 Å². The Hall–Kier alpha value is -1.22. The number of carbonyl (C=O) groups excluding carboxylic acids is 1. The molecule has 1 aliphatic rings. The molecule has 0 aliphatic carbocycles. The van der Waals surface area contributed by atoms with Crippen LogP contribution in [0.4, 0.5) is 5.69 Å². The van der Waals surface area contributed by atoms with Gasteiger partial charge in [-0.15, -0.1) is 0 Å². The summed E-state index contributed by atoms with van der Waals surface area (Å²) in [6, 6.07) is 5.22. The standard InChI is InChI=1S/C14H19ClN2O/c1-10-4-3-8-17(9-7-10)14(18)11-5-2-6-12(15)13(11)16/h2,5-6,10H,3-4,7-9,16H2,1H3. The number of nitrogens with zero attached hydrogens (tertiary/aromatic N) is 1. The van der Waals surface area contributed by atoms with Crippen molar-refractivity contribution in [3.63, 3.8) is 0 Å². The maximum Gasteiger partial charge on any atom is 0.255 e. The molecule has 0 saturated carbocycles. The molecule has 1 aliphatic heterocycles. The third kappa shape index (κ3) is 2.78. The molecule has 1 fully saturated rings. The van der Waals surface area contributed by atoms with Crippen LogP contribution in [-0.4, -0.2) is 23.9 Å². The van der Waals surface area contributed by atoms with Crippen LogP contribution in [0.15, 0.2) is 18.2 Å². The van der Waals surface area contributed by atoms with Gasteiger partial charge in [-0.1, -0.05) is 24.6 Å². The first kappa shape index (κ1) is 13.2. The largest absolute Gasteiger partial charge is 0.397 e. The van der Waals surface area contributed by atoms with Crippen molar-refractivity contribution in [1.82, 2.24) is 4.90 Å². The van der Waals surface area contributed by atoms with Crippen LogP contribution in [0.1, 0.15) is 36.5 Å². The molecule has 1 atom stereocenters. The molecule has 0 radical (unpaired) electrons. The van der Waals surface area contributed by atoms with Crippen molar-refractivity contribution >= 4 is 23.2 Å². The van der Waals surface area contributed by atoms with Crippen LogP contribution in [0, 0.1) is 5.92 Å². The Morgan fingerprint density at radius 2 is 2.17 bits per heavy atom. The second-order valence-electron chi connectivity index (χ2n) is 5.03. The molecule has 0 bridgehead atoms. The van der Waals surface area contributed by atoms with Gasteiger partial charge in [-0.25, -0.2) is 0 Å². The van der Waals surface area contributed by atoms with Gasteiger partial charge in [0.25, 0.3) is 5.91 Å². The lowest BCUT2D eigenvalue weighted by Gasteiger charge is -2.21. The smallest absolute Gasteiger partial charge is 0.255 e. The van der Waals surface area contributed by atoms with Crippen LogP contribution in [0.5, 0.6) is 0 Å². The molecule has 1 aromatic rings. The van der Waals surface area contributed by atoms with Gasteiger partial charge in [-0.2, -0.15) is 0 Å². The lowest BCUT2D eigenvalue weighted by molar-refractivity contribution is 0.0761. The van der Waals surface area contributed by atoms with Crippen molar-refractivity contribution in [2.24, 2.45) is 5.92 Å². The van der Waals surface area contributed by atoms with Crippen molar-refractivity contribution in [3.8, 4) is 0 Å². The third-order valence-corrected chi connectivity index (χ3v) is 3.92. The highest BCUT2D eigenvalue weighted by Gasteiger charge is 2.21. The minimum absolute atomic E-state index is 0.00380. The highest BCUT2D eigenvalue weighted by atomic mass is 35.5. The van der Waals surface area contributed by atoms with Gasteiger partial charge in [0.15, 0.2) is 0 Å². The second-order valence-corrected chi connectivity index (χ2v) is 5.44. The average Bonchev–Trinajstić information content (AvgIpc) is 2.57. The summed E-state index contributed by atoms with van der Waals surface area (Å²) in [7, 11) is 0. The number of para-hydroxylation sites is 1. The van der Waals surface area contributed by atoms with Gasteiger partial charge in [0, 0.05) is 13.1 Å². The number of halogens is 1. The Bertz CT molecular complexity index is 447. The van der Waals surface area contributed by atoms with Crippen LogP contribution in [0.25, 0.3) is 0 Å². The predicted molar refractivity (Wildman–Crippen MR) is 74.8 cm³/mol.